The number of alkyl carbamates (subject to hydrolysis) is 1. The van der Waals surface area contributed by atoms with Crippen molar-refractivity contribution in [1.29, 1.82) is 0 Å². The average Bonchev–Trinajstić information content (AvgIpc) is 3.26. The van der Waals surface area contributed by atoms with Gasteiger partial charge in [-0.1, -0.05) is 78.9 Å². The van der Waals surface area contributed by atoms with Crippen LogP contribution in [-0.2, 0) is 25.7 Å². The molecule has 0 aromatic heterocycles. The minimum atomic E-state index is -1.53. The number of aliphatic carboxylic acids is 1. The number of aliphatic hydroxyl groups is 1. The summed E-state index contributed by atoms with van der Waals surface area (Å²) in [6, 6.07) is 22.3. The molecule has 0 radical (unpaired) electrons. The number of carbonyl (C=O) groups excluding carboxylic acids is 2. The van der Waals surface area contributed by atoms with Crippen LogP contribution in [0.2, 0.25) is 0 Å². The number of ether oxygens (including phenoxy) is 2. The smallest absolute Gasteiger partial charge is 0.407 e. The van der Waals surface area contributed by atoms with Crippen LogP contribution in [0.15, 0.2) is 78.9 Å². The zero-order chi connectivity index (χ0) is 27.1. The second-order valence-corrected chi connectivity index (χ2v) is 9.03. The molecule has 3 atom stereocenters. The van der Waals surface area contributed by atoms with Crippen molar-refractivity contribution in [3.8, 4) is 11.1 Å². The van der Waals surface area contributed by atoms with Gasteiger partial charge < -0.3 is 30.3 Å². The number of hydrogen-bond acceptors (Lipinski definition) is 6. The Labute approximate surface area is 220 Å². The number of carboxylic acid groups (broad SMARTS) is 1. The fourth-order valence-electron chi connectivity index (χ4n) is 4.51. The summed E-state index contributed by atoms with van der Waals surface area (Å²) in [5, 5.41) is 23.3. The normalized spacial score (nSPS) is 14.5. The van der Waals surface area contributed by atoms with Crippen molar-refractivity contribution in [2.24, 2.45) is 0 Å². The predicted octanol–water partition coefficient (Wildman–Crippen LogP) is 3.06. The zero-order valence-corrected chi connectivity index (χ0v) is 20.9. The van der Waals surface area contributed by atoms with Gasteiger partial charge in [-0.3, -0.25) is 4.79 Å². The van der Waals surface area contributed by atoms with Gasteiger partial charge in [0.25, 0.3) is 0 Å². The molecule has 9 nitrogen and oxygen atoms in total. The minimum absolute atomic E-state index is 0.0435. The van der Waals surface area contributed by atoms with E-state index in [0.29, 0.717) is 0 Å². The molecular weight excluding hydrogens is 488 g/mol. The number of amides is 2. The van der Waals surface area contributed by atoms with Gasteiger partial charge in [-0.15, -0.1) is 0 Å². The summed E-state index contributed by atoms with van der Waals surface area (Å²) in [5.41, 5.74) is 5.12. The number of carbonyl (C=O) groups is 3. The number of carboxylic acids is 1. The third-order valence-electron chi connectivity index (χ3n) is 6.52. The average molecular weight is 519 g/mol. The maximum Gasteiger partial charge on any atom is 0.407 e. The van der Waals surface area contributed by atoms with Crippen molar-refractivity contribution >= 4 is 18.0 Å². The van der Waals surface area contributed by atoms with Crippen molar-refractivity contribution in [3.63, 3.8) is 0 Å². The van der Waals surface area contributed by atoms with E-state index in [9.17, 15) is 24.6 Å². The SMILES string of the molecule is C[C@H](OCc1ccccc1)[C@@H](NC(=O)OCC1c2ccccc2-c2ccccc21)C(=O)N[C@@H](CO)C(=O)O. The van der Waals surface area contributed by atoms with E-state index in [2.05, 4.69) is 10.6 Å². The van der Waals surface area contributed by atoms with Crippen LogP contribution in [-0.4, -0.2) is 59.6 Å². The highest BCUT2D eigenvalue weighted by Gasteiger charge is 2.33. The first-order chi connectivity index (χ1) is 18.4. The van der Waals surface area contributed by atoms with E-state index in [0.717, 1.165) is 27.8 Å². The summed E-state index contributed by atoms with van der Waals surface area (Å²) in [4.78, 5) is 37.2. The molecule has 198 valence electrons. The minimum Gasteiger partial charge on any atom is -0.480 e. The van der Waals surface area contributed by atoms with E-state index in [1.165, 1.54) is 0 Å². The van der Waals surface area contributed by atoms with Gasteiger partial charge in [-0.05, 0) is 34.7 Å². The second kappa shape index (κ2) is 12.4. The summed E-state index contributed by atoms with van der Waals surface area (Å²) in [7, 11) is 0. The van der Waals surface area contributed by atoms with Gasteiger partial charge in [-0.25, -0.2) is 9.59 Å². The lowest BCUT2D eigenvalue weighted by atomic mass is 9.98. The van der Waals surface area contributed by atoms with Crippen molar-refractivity contribution < 1.29 is 34.1 Å². The molecule has 4 N–H and O–H groups in total. The first kappa shape index (κ1) is 26.8. The molecule has 0 saturated heterocycles. The molecule has 0 saturated carbocycles. The second-order valence-electron chi connectivity index (χ2n) is 9.03. The maximum absolute atomic E-state index is 13.0. The van der Waals surface area contributed by atoms with E-state index in [-0.39, 0.29) is 19.1 Å². The molecule has 2 amide bonds. The molecule has 3 aromatic carbocycles. The first-order valence-electron chi connectivity index (χ1n) is 12.3. The van der Waals surface area contributed by atoms with Crippen LogP contribution in [0.5, 0.6) is 0 Å². The van der Waals surface area contributed by atoms with Crippen LogP contribution in [0.4, 0.5) is 4.79 Å². The van der Waals surface area contributed by atoms with Crippen molar-refractivity contribution in [3.05, 3.63) is 95.6 Å². The molecule has 0 fully saturated rings. The molecule has 38 heavy (non-hydrogen) atoms. The number of nitrogens with one attached hydrogen (secondary N) is 2. The first-order valence-corrected chi connectivity index (χ1v) is 12.3. The Balaban J connectivity index is 1.45. The van der Waals surface area contributed by atoms with E-state index >= 15 is 0 Å². The lowest BCUT2D eigenvalue weighted by Crippen LogP contribution is -2.57. The lowest BCUT2D eigenvalue weighted by molar-refractivity contribution is -0.144. The van der Waals surface area contributed by atoms with E-state index in [4.69, 9.17) is 9.47 Å². The van der Waals surface area contributed by atoms with E-state index in [1.54, 1.807) is 6.92 Å². The van der Waals surface area contributed by atoms with E-state index in [1.807, 2.05) is 78.9 Å². The highest BCUT2D eigenvalue weighted by atomic mass is 16.5. The number of rotatable bonds is 11. The molecule has 0 unspecified atom stereocenters. The molecule has 3 aromatic rings. The van der Waals surface area contributed by atoms with Crippen LogP contribution in [0.3, 0.4) is 0 Å². The molecule has 0 aliphatic heterocycles. The summed E-state index contributed by atoms with van der Waals surface area (Å²) >= 11 is 0. The third-order valence-corrected chi connectivity index (χ3v) is 6.52. The Morgan fingerprint density at radius 3 is 2.03 bits per heavy atom. The van der Waals surface area contributed by atoms with Gasteiger partial charge in [-0.2, -0.15) is 0 Å². The van der Waals surface area contributed by atoms with Gasteiger partial charge in [0.15, 0.2) is 0 Å². The van der Waals surface area contributed by atoms with Crippen LogP contribution in [0, 0.1) is 0 Å². The van der Waals surface area contributed by atoms with Crippen LogP contribution < -0.4 is 10.6 Å². The highest BCUT2D eigenvalue weighted by molar-refractivity contribution is 5.89. The topological polar surface area (TPSA) is 134 Å². The summed E-state index contributed by atoms with van der Waals surface area (Å²) in [6.07, 6.45) is -1.69. The number of aliphatic hydroxyl groups excluding tert-OH is 1. The Morgan fingerprint density at radius 1 is 0.868 bits per heavy atom. The van der Waals surface area contributed by atoms with Crippen LogP contribution in [0.1, 0.15) is 29.5 Å². The number of benzene rings is 3. The monoisotopic (exact) mass is 518 g/mol. The van der Waals surface area contributed by atoms with Crippen molar-refractivity contribution in [2.75, 3.05) is 13.2 Å². The Bertz CT molecular complexity index is 1240. The number of hydrogen-bond donors (Lipinski definition) is 4. The van der Waals surface area contributed by atoms with Gasteiger partial charge in [0, 0.05) is 5.92 Å². The quantitative estimate of drug-likeness (QED) is 0.307. The molecule has 1 aliphatic carbocycles. The maximum atomic E-state index is 13.0. The van der Waals surface area contributed by atoms with Gasteiger partial charge >= 0.3 is 12.1 Å². The Kier molecular flexibility index (Phi) is 8.73. The van der Waals surface area contributed by atoms with Crippen LogP contribution in [0.25, 0.3) is 11.1 Å². The van der Waals surface area contributed by atoms with Crippen LogP contribution >= 0.6 is 0 Å². The standard InChI is InChI=1S/C29H30N2O7/c1-18(37-16-19-9-3-2-4-10-19)26(27(33)30-25(15-32)28(34)35)31-29(36)38-17-24-22-13-7-5-11-20(22)21-12-6-8-14-23(21)24/h2-14,18,24-26,32H,15-17H2,1H3,(H,30,33)(H,31,36)(H,34,35)/t18-,25-,26+/m0/s1. The number of fused-ring (bicyclic) bond motifs is 3. The summed E-state index contributed by atoms with van der Waals surface area (Å²) < 4.78 is 11.4. The molecule has 4 rings (SSSR count). The fourth-order valence-corrected chi connectivity index (χ4v) is 4.51. The van der Waals surface area contributed by atoms with Gasteiger partial charge in [0.05, 0.1) is 19.3 Å². The largest absolute Gasteiger partial charge is 0.480 e. The predicted molar refractivity (Wildman–Crippen MR) is 139 cm³/mol. The molecular formula is C29H30N2O7. The van der Waals surface area contributed by atoms with E-state index < -0.39 is 42.8 Å². The zero-order valence-electron chi connectivity index (χ0n) is 20.9. The molecule has 0 bridgehead atoms. The Hall–Kier alpha value is -4.21. The third kappa shape index (κ3) is 6.19. The molecule has 9 heteroatoms. The molecule has 0 spiro atoms. The van der Waals surface area contributed by atoms with Gasteiger partial charge in [0.2, 0.25) is 5.91 Å². The van der Waals surface area contributed by atoms with Gasteiger partial charge in [0.1, 0.15) is 18.7 Å². The summed E-state index contributed by atoms with van der Waals surface area (Å²) in [5.74, 6) is -2.39. The Morgan fingerprint density at radius 2 is 1.45 bits per heavy atom. The lowest BCUT2D eigenvalue weighted by Gasteiger charge is -2.26. The fraction of sp³-hybridized carbons (Fsp3) is 0.276. The molecule has 0 heterocycles. The van der Waals surface area contributed by atoms with Crippen molar-refractivity contribution in [1.82, 2.24) is 10.6 Å². The molecule has 1 aliphatic rings. The van der Waals surface area contributed by atoms with Crippen molar-refractivity contribution in [2.45, 2.75) is 37.6 Å². The highest BCUT2D eigenvalue weighted by Crippen LogP contribution is 2.44. The summed E-state index contributed by atoms with van der Waals surface area (Å²) in [6.45, 7) is 0.992.